The van der Waals surface area contributed by atoms with Crippen molar-refractivity contribution in [2.24, 2.45) is 4.99 Å². The van der Waals surface area contributed by atoms with Crippen LogP contribution in [0.1, 0.15) is 28.6 Å². The molecule has 14 heteroatoms. The third-order valence-corrected chi connectivity index (χ3v) is 7.28. The first-order valence-corrected chi connectivity index (χ1v) is 14.7. The Labute approximate surface area is 268 Å². The summed E-state index contributed by atoms with van der Waals surface area (Å²) < 4.78 is 69.8. The number of hydrogen-bond acceptors (Lipinski definition) is 5. The van der Waals surface area contributed by atoms with Crippen LogP contribution in [0.4, 0.5) is 33.6 Å². The van der Waals surface area contributed by atoms with Crippen molar-refractivity contribution in [1.82, 2.24) is 19.8 Å². The fourth-order valence-electron chi connectivity index (χ4n) is 5.17. The summed E-state index contributed by atoms with van der Waals surface area (Å²) >= 11 is 5.48. The fourth-order valence-corrected chi connectivity index (χ4v) is 5.38. The lowest BCUT2D eigenvalue weighted by atomic mass is 9.96. The molecule has 2 N–H and O–H groups in total. The number of benzene rings is 3. The lowest BCUT2D eigenvalue weighted by molar-refractivity contribution is -0.274. The molecule has 1 aromatic heterocycles. The van der Waals surface area contributed by atoms with Crippen molar-refractivity contribution < 1.29 is 26.7 Å². The van der Waals surface area contributed by atoms with Gasteiger partial charge < -0.3 is 15.0 Å². The Kier molecular flexibility index (Phi) is 10.1. The first kappa shape index (κ1) is 32.7. The molecule has 0 unspecified atom stereocenters. The summed E-state index contributed by atoms with van der Waals surface area (Å²) in [4.78, 5) is 17.6. The number of nitrogens with zero attached hydrogens (tertiary/aromatic N) is 5. The topological polar surface area (TPSA) is 77.9 Å². The summed E-state index contributed by atoms with van der Waals surface area (Å²) in [5.74, 6) is -0.464. The number of rotatable bonds is 6. The third kappa shape index (κ3) is 8.95. The van der Waals surface area contributed by atoms with Gasteiger partial charge in [-0.15, -0.1) is 13.2 Å². The molecule has 240 valence electrons. The second kappa shape index (κ2) is 14.2. The minimum atomic E-state index is -4.84. The van der Waals surface area contributed by atoms with Crippen molar-refractivity contribution in [2.75, 3.05) is 36.8 Å². The van der Waals surface area contributed by atoms with Crippen LogP contribution < -0.4 is 15.4 Å². The molecule has 1 aliphatic heterocycles. The van der Waals surface area contributed by atoms with Crippen molar-refractivity contribution in [2.45, 2.75) is 26.3 Å². The molecule has 0 amide bonds. The Morgan fingerprint density at radius 1 is 0.826 bits per heavy atom. The smallest absolute Gasteiger partial charge is 0.406 e. The molecule has 2 heterocycles. The quantitative estimate of drug-likeness (QED) is 0.101. The van der Waals surface area contributed by atoms with E-state index in [9.17, 15) is 22.0 Å². The maximum atomic E-state index is 13.8. The van der Waals surface area contributed by atoms with Crippen molar-refractivity contribution in [3.63, 3.8) is 0 Å². The predicted octanol–water partition coefficient (Wildman–Crippen LogP) is 6.84. The van der Waals surface area contributed by atoms with Gasteiger partial charge in [0, 0.05) is 49.3 Å². The van der Waals surface area contributed by atoms with Crippen molar-refractivity contribution in [3.05, 3.63) is 113 Å². The second-order valence-electron chi connectivity index (χ2n) is 10.6. The Hall–Kier alpha value is -4.69. The SMILES string of the molecule is Cc1cc(C)nc(N/C(=N/C(=S)Nc2cccc(OC(F)(F)F)c2)N2CCN(C(c3ccc(F)cc3)c3ccc(F)cc3)CC2)n1. The molecular weight excluding hydrogens is 625 g/mol. The Bertz CT molecular complexity index is 1630. The number of piperazine rings is 1. The maximum absolute atomic E-state index is 13.8. The van der Waals surface area contributed by atoms with Crippen LogP contribution in [0.3, 0.4) is 0 Å². The molecule has 5 rings (SSSR count). The van der Waals surface area contributed by atoms with E-state index >= 15 is 0 Å². The molecule has 1 fully saturated rings. The van der Waals surface area contributed by atoms with E-state index in [0.717, 1.165) is 22.5 Å². The minimum absolute atomic E-state index is 0.0195. The summed E-state index contributed by atoms with van der Waals surface area (Å²) in [7, 11) is 0. The standard InChI is InChI=1S/C32H30F5N7OS/c1-20-18-21(2)39-29(38-20)41-30(42-31(46)40-26-4-3-5-27(19-26)45-32(35,36)37)44-16-14-43(15-17-44)28(22-6-10-24(33)11-7-22)23-8-12-25(34)13-9-23/h3-13,18-19,28H,14-17H2,1-2H3,(H2,38,39,40,41,42,46). The number of halogens is 5. The number of guanidine groups is 1. The molecule has 0 bridgehead atoms. The van der Waals surface area contributed by atoms with Crippen LogP contribution in [-0.4, -0.2) is 63.4 Å². The summed E-state index contributed by atoms with van der Waals surface area (Å²) in [6.45, 7) is 5.72. The highest BCUT2D eigenvalue weighted by molar-refractivity contribution is 7.80. The number of aryl methyl sites for hydroxylation is 2. The average molecular weight is 656 g/mol. The normalized spacial score (nSPS) is 14.3. The second-order valence-corrected chi connectivity index (χ2v) is 11.0. The van der Waals surface area contributed by atoms with Crippen LogP contribution >= 0.6 is 12.2 Å². The molecule has 0 radical (unpaired) electrons. The van der Waals surface area contributed by atoms with Gasteiger partial charge in [-0.1, -0.05) is 30.3 Å². The predicted molar refractivity (Wildman–Crippen MR) is 170 cm³/mol. The molecule has 1 saturated heterocycles. The average Bonchev–Trinajstić information content (AvgIpc) is 2.98. The third-order valence-electron chi connectivity index (χ3n) is 7.08. The molecule has 0 spiro atoms. The molecule has 1 aliphatic rings. The van der Waals surface area contributed by atoms with Gasteiger partial charge in [0.25, 0.3) is 0 Å². The van der Waals surface area contributed by atoms with Crippen molar-refractivity contribution in [3.8, 4) is 5.75 Å². The highest BCUT2D eigenvalue weighted by atomic mass is 32.1. The fraction of sp³-hybridized carbons (Fsp3) is 0.250. The van der Waals surface area contributed by atoms with Crippen LogP contribution in [0.5, 0.6) is 5.75 Å². The molecule has 0 aliphatic carbocycles. The van der Waals surface area contributed by atoms with E-state index in [-0.39, 0.29) is 28.5 Å². The minimum Gasteiger partial charge on any atom is -0.406 e. The lowest BCUT2D eigenvalue weighted by Gasteiger charge is -2.40. The Morgan fingerprint density at radius 3 is 1.93 bits per heavy atom. The van der Waals surface area contributed by atoms with E-state index in [4.69, 9.17) is 12.2 Å². The number of hydrogen-bond donors (Lipinski definition) is 2. The zero-order valence-corrected chi connectivity index (χ0v) is 25.7. The van der Waals surface area contributed by atoms with E-state index in [1.165, 1.54) is 48.5 Å². The van der Waals surface area contributed by atoms with Crippen molar-refractivity contribution in [1.29, 1.82) is 0 Å². The summed E-state index contributed by atoms with van der Waals surface area (Å²) in [5, 5.41) is 5.98. The van der Waals surface area contributed by atoms with Gasteiger partial charge in [-0.05, 0) is 79.7 Å². The summed E-state index contributed by atoms with van der Waals surface area (Å²) in [5.41, 5.74) is 3.45. The highest BCUT2D eigenvalue weighted by Gasteiger charge is 2.31. The van der Waals surface area contributed by atoms with Crippen LogP contribution in [0.25, 0.3) is 0 Å². The van der Waals surface area contributed by atoms with Gasteiger partial charge in [0.1, 0.15) is 17.4 Å². The van der Waals surface area contributed by atoms with Gasteiger partial charge in [-0.3, -0.25) is 10.2 Å². The molecule has 0 saturated carbocycles. The highest BCUT2D eigenvalue weighted by Crippen LogP contribution is 2.30. The van der Waals surface area contributed by atoms with Crippen molar-refractivity contribution >= 4 is 34.9 Å². The number of aromatic nitrogens is 2. The number of aliphatic imine (C=N–C) groups is 1. The first-order chi connectivity index (χ1) is 21.9. The number of thiocarbonyl (C=S) groups is 1. The van der Waals surface area contributed by atoms with Crippen LogP contribution in [-0.2, 0) is 0 Å². The van der Waals surface area contributed by atoms with Gasteiger partial charge in [0.05, 0.1) is 6.04 Å². The van der Waals surface area contributed by atoms with Crippen LogP contribution in [0.2, 0.25) is 0 Å². The van der Waals surface area contributed by atoms with Crippen LogP contribution in [0.15, 0.2) is 83.9 Å². The van der Waals surface area contributed by atoms with Gasteiger partial charge in [0.15, 0.2) is 0 Å². The van der Waals surface area contributed by atoms with Gasteiger partial charge in [-0.2, -0.15) is 4.99 Å². The number of alkyl halides is 3. The van der Waals surface area contributed by atoms with E-state index in [2.05, 4.69) is 35.2 Å². The van der Waals surface area contributed by atoms with E-state index in [0.29, 0.717) is 38.1 Å². The first-order valence-electron chi connectivity index (χ1n) is 14.3. The van der Waals surface area contributed by atoms with Gasteiger partial charge in [0.2, 0.25) is 17.0 Å². The van der Waals surface area contributed by atoms with Gasteiger partial charge >= 0.3 is 6.36 Å². The summed E-state index contributed by atoms with van der Waals surface area (Å²) in [6.07, 6.45) is -4.84. The van der Waals surface area contributed by atoms with E-state index < -0.39 is 12.1 Å². The summed E-state index contributed by atoms with van der Waals surface area (Å²) in [6, 6.07) is 19.4. The molecular formula is C32H30F5N7OS. The monoisotopic (exact) mass is 655 g/mol. The lowest BCUT2D eigenvalue weighted by Crippen LogP contribution is -2.52. The largest absolute Gasteiger partial charge is 0.573 e. The van der Waals surface area contributed by atoms with Gasteiger partial charge in [-0.25, -0.2) is 18.7 Å². The zero-order valence-electron chi connectivity index (χ0n) is 24.9. The molecule has 4 aromatic rings. The Balaban J connectivity index is 1.38. The molecule has 46 heavy (non-hydrogen) atoms. The maximum Gasteiger partial charge on any atom is 0.573 e. The molecule has 0 atom stereocenters. The van der Waals surface area contributed by atoms with E-state index in [1.54, 1.807) is 24.3 Å². The number of ether oxygens (including phenoxy) is 1. The molecule has 8 nitrogen and oxygen atoms in total. The zero-order chi connectivity index (χ0) is 32.8. The number of nitrogens with one attached hydrogen (secondary N) is 2. The molecule has 3 aromatic carbocycles. The van der Waals surface area contributed by atoms with E-state index in [1.807, 2.05) is 24.8 Å². The van der Waals surface area contributed by atoms with Crippen LogP contribution in [0, 0.1) is 25.5 Å². The number of anilines is 2. The Morgan fingerprint density at radius 2 is 1.39 bits per heavy atom.